The Morgan fingerprint density at radius 2 is 1.34 bits per heavy atom. The number of carboxylic acid groups (broad SMARTS) is 1. The van der Waals surface area contributed by atoms with Crippen LogP contribution >= 0.6 is 0 Å². The van der Waals surface area contributed by atoms with Gasteiger partial charge in [0, 0.05) is 0 Å². The summed E-state index contributed by atoms with van der Waals surface area (Å²) in [5.41, 5.74) is -0.428. The van der Waals surface area contributed by atoms with Crippen molar-refractivity contribution in [1.82, 2.24) is 0 Å². The van der Waals surface area contributed by atoms with Gasteiger partial charge in [0.25, 0.3) is 0 Å². The van der Waals surface area contributed by atoms with Gasteiger partial charge in [0.2, 0.25) is 0 Å². The second-order valence-corrected chi connectivity index (χ2v) is 9.59. The van der Waals surface area contributed by atoms with E-state index >= 15 is 0 Å². The minimum Gasteiger partial charge on any atom is -0.481 e. The van der Waals surface area contributed by atoms with Crippen molar-refractivity contribution < 1.29 is 48.6 Å². The van der Waals surface area contributed by atoms with E-state index in [-0.39, 0.29) is 43.5 Å². The van der Waals surface area contributed by atoms with Gasteiger partial charge in [-0.3, -0.25) is 19.6 Å². The van der Waals surface area contributed by atoms with Gasteiger partial charge in [-0.15, -0.1) is 0 Å². The number of hydrogen-bond donors (Lipinski definition) is 2. The van der Waals surface area contributed by atoms with Crippen LogP contribution < -0.4 is 0 Å². The third kappa shape index (κ3) is 5.24. The fourth-order valence-electron chi connectivity index (χ4n) is 4.61. The summed E-state index contributed by atoms with van der Waals surface area (Å²) in [6, 6.07) is 0. The van der Waals surface area contributed by atoms with Crippen LogP contribution in [0.3, 0.4) is 0 Å². The van der Waals surface area contributed by atoms with E-state index in [2.05, 4.69) is 4.89 Å². The van der Waals surface area contributed by atoms with Gasteiger partial charge in [-0.1, -0.05) is 13.8 Å². The van der Waals surface area contributed by atoms with Gasteiger partial charge in [0.05, 0.1) is 61.6 Å². The summed E-state index contributed by atoms with van der Waals surface area (Å²) in [6.07, 6.45) is 1.54. The molecule has 2 saturated heterocycles. The molecule has 10 heteroatoms. The van der Waals surface area contributed by atoms with E-state index in [1.54, 1.807) is 0 Å². The smallest absolute Gasteiger partial charge is 0.309 e. The molecule has 0 bridgehead atoms. The number of aliphatic carboxylic acids is 1. The van der Waals surface area contributed by atoms with Gasteiger partial charge in [0.15, 0.2) is 0 Å². The summed E-state index contributed by atoms with van der Waals surface area (Å²) in [4.78, 5) is 42.0. The standard InChI is InChI=1S/C22H34O10/c1-3-21(8-28-9-21)12-30-19(25)15-6-17(16(18(23)24)5-14(15)7-32-27)20(26)31-13-22(4-2)10-29-11-22/h14-17,27H,3-13H2,1-2H3,(H,23,24). The highest BCUT2D eigenvalue weighted by molar-refractivity contribution is 5.83. The zero-order valence-electron chi connectivity index (χ0n) is 18.7. The molecule has 3 aliphatic rings. The first-order chi connectivity index (χ1) is 15.3. The fourth-order valence-corrected chi connectivity index (χ4v) is 4.61. The van der Waals surface area contributed by atoms with E-state index in [9.17, 15) is 19.5 Å². The average Bonchev–Trinajstić information content (AvgIpc) is 2.72. The fraction of sp³-hybridized carbons (Fsp3) is 0.864. The Bertz CT molecular complexity index is 673. The maximum atomic E-state index is 12.9. The van der Waals surface area contributed by atoms with Crippen LogP contribution in [-0.2, 0) is 38.2 Å². The number of carbonyl (C=O) groups excluding carboxylic acids is 2. The molecule has 2 aliphatic heterocycles. The molecule has 0 aromatic rings. The zero-order chi connectivity index (χ0) is 23.4. The number of hydrogen-bond acceptors (Lipinski definition) is 9. The lowest BCUT2D eigenvalue weighted by Gasteiger charge is -2.42. The molecule has 0 radical (unpaired) electrons. The second kappa shape index (κ2) is 10.5. The van der Waals surface area contributed by atoms with Crippen LogP contribution in [0.25, 0.3) is 0 Å². The maximum Gasteiger partial charge on any atom is 0.309 e. The molecule has 3 fully saturated rings. The Balaban J connectivity index is 1.68. The Hall–Kier alpha value is -1.75. The molecule has 32 heavy (non-hydrogen) atoms. The monoisotopic (exact) mass is 458 g/mol. The Morgan fingerprint density at radius 1 is 0.844 bits per heavy atom. The number of ether oxygens (including phenoxy) is 4. The minimum atomic E-state index is -1.14. The Morgan fingerprint density at radius 3 is 1.72 bits per heavy atom. The van der Waals surface area contributed by atoms with Gasteiger partial charge in [-0.25, -0.2) is 4.89 Å². The Kier molecular flexibility index (Phi) is 8.13. The lowest BCUT2D eigenvalue weighted by molar-refractivity contribution is -0.258. The number of carboxylic acids is 1. The number of carbonyl (C=O) groups is 3. The molecular formula is C22H34O10. The van der Waals surface area contributed by atoms with Crippen molar-refractivity contribution in [2.45, 2.75) is 39.5 Å². The predicted octanol–water partition coefficient (Wildman–Crippen LogP) is 1.76. The van der Waals surface area contributed by atoms with Gasteiger partial charge in [0.1, 0.15) is 13.2 Å². The molecule has 3 rings (SSSR count). The lowest BCUT2D eigenvalue weighted by atomic mass is 9.68. The van der Waals surface area contributed by atoms with E-state index in [1.165, 1.54) is 0 Å². The molecule has 0 aromatic carbocycles. The van der Waals surface area contributed by atoms with Crippen LogP contribution in [0, 0.1) is 34.5 Å². The maximum absolute atomic E-state index is 12.9. The van der Waals surface area contributed by atoms with Crippen molar-refractivity contribution in [3.8, 4) is 0 Å². The summed E-state index contributed by atoms with van der Waals surface area (Å²) in [5.74, 6) is -5.68. The van der Waals surface area contributed by atoms with E-state index in [0.717, 1.165) is 12.8 Å². The van der Waals surface area contributed by atoms with E-state index in [4.69, 9.17) is 24.2 Å². The van der Waals surface area contributed by atoms with Gasteiger partial charge in [-0.05, 0) is 31.6 Å². The normalized spacial score (nSPS) is 30.5. The molecule has 2 N–H and O–H groups in total. The van der Waals surface area contributed by atoms with Crippen LogP contribution in [0.4, 0.5) is 0 Å². The summed E-state index contributed by atoms with van der Waals surface area (Å²) < 4.78 is 21.6. The SMILES string of the molecule is CCC1(COC(=O)C2CC(C(=O)OCC3(CC)COC3)C(C(=O)O)CC2COO)COC1. The van der Waals surface area contributed by atoms with E-state index in [0.29, 0.717) is 26.4 Å². The highest BCUT2D eigenvalue weighted by atomic mass is 17.1. The summed E-state index contributed by atoms with van der Waals surface area (Å²) >= 11 is 0. The topological polar surface area (TPSA) is 138 Å². The van der Waals surface area contributed by atoms with Crippen molar-refractivity contribution in [3.63, 3.8) is 0 Å². The minimum absolute atomic E-state index is 0.000506. The summed E-state index contributed by atoms with van der Waals surface area (Å²) in [5, 5.41) is 18.7. The van der Waals surface area contributed by atoms with Crippen LogP contribution in [-0.4, -0.2) is 74.5 Å². The van der Waals surface area contributed by atoms with E-state index < -0.39 is 41.6 Å². The third-order valence-electron chi connectivity index (χ3n) is 7.50. The highest BCUT2D eigenvalue weighted by Gasteiger charge is 2.49. The molecule has 4 unspecified atom stereocenters. The third-order valence-corrected chi connectivity index (χ3v) is 7.50. The largest absolute Gasteiger partial charge is 0.481 e. The molecule has 2 heterocycles. The average molecular weight is 459 g/mol. The first-order valence-electron chi connectivity index (χ1n) is 11.3. The van der Waals surface area contributed by atoms with Crippen LogP contribution in [0.1, 0.15) is 39.5 Å². The molecule has 0 amide bonds. The van der Waals surface area contributed by atoms with Crippen molar-refractivity contribution in [2.75, 3.05) is 46.2 Å². The molecule has 1 saturated carbocycles. The second-order valence-electron chi connectivity index (χ2n) is 9.59. The molecule has 1 aliphatic carbocycles. The van der Waals surface area contributed by atoms with Crippen molar-refractivity contribution in [3.05, 3.63) is 0 Å². The van der Waals surface area contributed by atoms with E-state index in [1.807, 2.05) is 13.8 Å². The summed E-state index contributed by atoms with van der Waals surface area (Å²) in [6.45, 7) is 6.15. The lowest BCUT2D eigenvalue weighted by Crippen LogP contribution is -2.49. The first kappa shape index (κ1) is 24.9. The highest BCUT2D eigenvalue weighted by Crippen LogP contribution is 2.41. The van der Waals surface area contributed by atoms with Crippen LogP contribution in [0.2, 0.25) is 0 Å². The molecule has 0 aromatic heterocycles. The van der Waals surface area contributed by atoms with Crippen molar-refractivity contribution >= 4 is 17.9 Å². The first-order valence-corrected chi connectivity index (χ1v) is 11.3. The molecule has 0 spiro atoms. The molecular weight excluding hydrogens is 424 g/mol. The van der Waals surface area contributed by atoms with Crippen molar-refractivity contribution in [2.24, 2.45) is 34.5 Å². The van der Waals surface area contributed by atoms with Crippen LogP contribution in [0.5, 0.6) is 0 Å². The molecule has 182 valence electrons. The molecule has 4 atom stereocenters. The van der Waals surface area contributed by atoms with Crippen LogP contribution in [0.15, 0.2) is 0 Å². The predicted molar refractivity (Wildman–Crippen MR) is 108 cm³/mol. The van der Waals surface area contributed by atoms with Crippen molar-refractivity contribution in [1.29, 1.82) is 0 Å². The summed E-state index contributed by atoms with van der Waals surface area (Å²) in [7, 11) is 0. The van der Waals surface area contributed by atoms with Gasteiger partial charge in [-0.2, -0.15) is 0 Å². The number of esters is 2. The Labute approximate surface area is 187 Å². The number of rotatable bonds is 11. The zero-order valence-corrected chi connectivity index (χ0v) is 18.7. The van der Waals surface area contributed by atoms with Gasteiger partial charge >= 0.3 is 17.9 Å². The van der Waals surface area contributed by atoms with Gasteiger partial charge < -0.3 is 24.1 Å². The quantitative estimate of drug-likeness (QED) is 0.267. The molecule has 10 nitrogen and oxygen atoms in total.